The summed E-state index contributed by atoms with van der Waals surface area (Å²) in [4.78, 5) is 18.0. The monoisotopic (exact) mass is 353 g/mol. The maximum atomic E-state index is 12.6. The lowest BCUT2D eigenvalue weighted by molar-refractivity contribution is 0.0956. The van der Waals surface area contributed by atoms with E-state index >= 15 is 0 Å². The van der Waals surface area contributed by atoms with Crippen LogP contribution in [-0.2, 0) is 6.42 Å². The molecule has 0 atom stereocenters. The van der Waals surface area contributed by atoms with Gasteiger partial charge in [-0.25, -0.2) is 4.98 Å². The van der Waals surface area contributed by atoms with Crippen molar-refractivity contribution in [2.45, 2.75) is 32.6 Å². The van der Waals surface area contributed by atoms with E-state index < -0.39 is 0 Å². The predicted octanol–water partition coefficient (Wildman–Crippen LogP) is 4.42. The molecule has 2 heterocycles. The highest BCUT2D eigenvalue weighted by Crippen LogP contribution is 2.27. The van der Waals surface area contributed by atoms with E-state index in [1.807, 2.05) is 47.3 Å². The van der Waals surface area contributed by atoms with Gasteiger partial charge in [-0.05, 0) is 36.5 Å². The van der Waals surface area contributed by atoms with Gasteiger partial charge < -0.3 is 9.88 Å². The van der Waals surface area contributed by atoms with Crippen LogP contribution >= 0.6 is 11.3 Å². The first-order valence-corrected chi connectivity index (χ1v) is 9.43. The molecule has 3 rings (SSSR count). The molecule has 0 saturated heterocycles. The van der Waals surface area contributed by atoms with Crippen LogP contribution in [0.1, 0.15) is 47.1 Å². The third-order valence-electron chi connectivity index (χ3n) is 3.99. The van der Waals surface area contributed by atoms with E-state index in [4.69, 9.17) is 0 Å². The molecule has 0 unspecified atom stereocenters. The molecule has 0 aliphatic carbocycles. The number of benzene rings is 1. The molecule has 0 fully saturated rings. The fourth-order valence-electron chi connectivity index (χ4n) is 2.67. The Morgan fingerprint density at radius 1 is 1.16 bits per heavy atom. The van der Waals surface area contributed by atoms with E-state index in [2.05, 4.69) is 36.3 Å². The zero-order valence-electron chi connectivity index (χ0n) is 14.6. The molecule has 1 amide bonds. The van der Waals surface area contributed by atoms with E-state index in [9.17, 15) is 4.79 Å². The number of carbonyl (C=O) groups is 1. The van der Waals surface area contributed by atoms with Crippen LogP contribution < -0.4 is 5.32 Å². The van der Waals surface area contributed by atoms with Crippen molar-refractivity contribution in [2.24, 2.45) is 0 Å². The second-order valence-corrected chi connectivity index (χ2v) is 7.28. The first kappa shape index (κ1) is 17.4. The molecule has 2 aromatic heterocycles. The molecule has 0 spiro atoms. The van der Waals surface area contributed by atoms with Gasteiger partial charge in [-0.1, -0.05) is 55.5 Å². The lowest BCUT2D eigenvalue weighted by Crippen LogP contribution is -2.25. The summed E-state index contributed by atoms with van der Waals surface area (Å²) in [6, 6.07) is 14.3. The Morgan fingerprint density at radius 2 is 1.88 bits per heavy atom. The molecule has 130 valence electrons. The van der Waals surface area contributed by atoms with Gasteiger partial charge in [0.15, 0.2) is 5.13 Å². The molecule has 0 radical (unpaired) electrons. The maximum Gasteiger partial charge on any atom is 0.263 e. The number of hydrogen-bond acceptors (Lipinski definition) is 3. The molecule has 3 aromatic rings. The SMILES string of the molecule is CC(C)c1nc(-n2cccc2)sc1C(=O)NCCCc1ccccc1. The summed E-state index contributed by atoms with van der Waals surface area (Å²) in [7, 11) is 0. The van der Waals surface area contributed by atoms with Crippen molar-refractivity contribution in [2.75, 3.05) is 6.54 Å². The Hall–Kier alpha value is -2.40. The zero-order chi connectivity index (χ0) is 17.6. The minimum Gasteiger partial charge on any atom is -0.351 e. The van der Waals surface area contributed by atoms with Crippen LogP contribution in [0.3, 0.4) is 0 Å². The van der Waals surface area contributed by atoms with Crippen molar-refractivity contribution in [1.82, 2.24) is 14.9 Å². The van der Waals surface area contributed by atoms with Gasteiger partial charge in [0, 0.05) is 18.9 Å². The van der Waals surface area contributed by atoms with Gasteiger partial charge in [0.2, 0.25) is 0 Å². The van der Waals surface area contributed by atoms with E-state index in [0.717, 1.165) is 28.5 Å². The molecule has 1 aromatic carbocycles. The molecular weight excluding hydrogens is 330 g/mol. The fraction of sp³-hybridized carbons (Fsp3) is 0.300. The van der Waals surface area contributed by atoms with Gasteiger partial charge >= 0.3 is 0 Å². The number of aromatic nitrogens is 2. The zero-order valence-corrected chi connectivity index (χ0v) is 15.4. The van der Waals surface area contributed by atoms with Gasteiger partial charge in [-0.2, -0.15) is 0 Å². The minimum atomic E-state index is -0.0207. The van der Waals surface area contributed by atoms with Crippen LogP contribution in [-0.4, -0.2) is 22.0 Å². The first-order chi connectivity index (χ1) is 12.1. The summed E-state index contributed by atoms with van der Waals surface area (Å²) in [5.41, 5.74) is 2.17. The Morgan fingerprint density at radius 3 is 2.56 bits per heavy atom. The van der Waals surface area contributed by atoms with Crippen LogP contribution in [0, 0.1) is 0 Å². The van der Waals surface area contributed by atoms with Crippen LogP contribution in [0.2, 0.25) is 0 Å². The third kappa shape index (κ3) is 4.37. The third-order valence-corrected chi connectivity index (χ3v) is 5.07. The molecule has 0 saturated carbocycles. The Labute approximate surface area is 152 Å². The summed E-state index contributed by atoms with van der Waals surface area (Å²) in [6.45, 7) is 4.81. The summed E-state index contributed by atoms with van der Waals surface area (Å²) >= 11 is 1.45. The summed E-state index contributed by atoms with van der Waals surface area (Å²) < 4.78 is 1.95. The Kier molecular flexibility index (Phi) is 5.66. The average molecular weight is 353 g/mol. The number of nitrogens with zero attached hydrogens (tertiary/aromatic N) is 2. The van der Waals surface area contributed by atoms with Crippen molar-refractivity contribution in [1.29, 1.82) is 0 Å². The molecule has 0 bridgehead atoms. The smallest absolute Gasteiger partial charge is 0.263 e. The first-order valence-electron chi connectivity index (χ1n) is 8.61. The lowest BCUT2D eigenvalue weighted by atomic mass is 10.1. The standard InChI is InChI=1S/C20H23N3OS/c1-15(2)17-18(25-20(22-17)23-13-6-7-14-23)19(24)21-12-8-11-16-9-4-3-5-10-16/h3-7,9-10,13-15H,8,11-12H2,1-2H3,(H,21,24). The highest BCUT2D eigenvalue weighted by atomic mass is 32.1. The van der Waals surface area contributed by atoms with Crippen molar-refractivity contribution in [3.8, 4) is 5.13 Å². The molecule has 25 heavy (non-hydrogen) atoms. The van der Waals surface area contributed by atoms with Gasteiger partial charge in [0.1, 0.15) is 4.88 Å². The number of thiazole rings is 1. The van der Waals surface area contributed by atoms with Crippen molar-refractivity contribution in [3.05, 3.63) is 71.0 Å². The quantitative estimate of drug-likeness (QED) is 0.639. The van der Waals surface area contributed by atoms with Crippen molar-refractivity contribution < 1.29 is 4.79 Å². The number of aryl methyl sites for hydroxylation is 1. The van der Waals surface area contributed by atoms with Crippen LogP contribution in [0.25, 0.3) is 5.13 Å². The summed E-state index contributed by atoms with van der Waals surface area (Å²) in [6.07, 6.45) is 5.79. The topological polar surface area (TPSA) is 46.9 Å². The molecule has 5 heteroatoms. The highest BCUT2D eigenvalue weighted by molar-refractivity contribution is 7.16. The predicted molar refractivity (Wildman–Crippen MR) is 103 cm³/mol. The van der Waals surface area contributed by atoms with Gasteiger partial charge in [-0.15, -0.1) is 0 Å². The number of rotatable bonds is 7. The van der Waals surface area contributed by atoms with Crippen molar-refractivity contribution >= 4 is 17.2 Å². The molecule has 1 N–H and O–H groups in total. The van der Waals surface area contributed by atoms with Gasteiger partial charge in [-0.3, -0.25) is 4.79 Å². The normalized spacial score (nSPS) is 11.0. The summed E-state index contributed by atoms with van der Waals surface area (Å²) in [5, 5.41) is 3.88. The fourth-order valence-corrected chi connectivity index (χ4v) is 3.77. The Bertz CT molecular complexity index is 807. The van der Waals surface area contributed by atoms with Gasteiger partial charge in [0.25, 0.3) is 5.91 Å². The van der Waals surface area contributed by atoms with Gasteiger partial charge in [0.05, 0.1) is 5.69 Å². The largest absolute Gasteiger partial charge is 0.351 e. The number of nitrogens with one attached hydrogen (secondary N) is 1. The molecule has 4 nitrogen and oxygen atoms in total. The second kappa shape index (κ2) is 8.12. The molecule has 0 aliphatic heterocycles. The Balaban J connectivity index is 1.63. The lowest BCUT2D eigenvalue weighted by Gasteiger charge is -2.07. The van der Waals surface area contributed by atoms with E-state index in [-0.39, 0.29) is 11.8 Å². The van der Waals surface area contributed by atoms with Crippen molar-refractivity contribution in [3.63, 3.8) is 0 Å². The van der Waals surface area contributed by atoms with E-state index in [0.29, 0.717) is 6.54 Å². The average Bonchev–Trinajstić information content (AvgIpc) is 3.28. The van der Waals surface area contributed by atoms with E-state index in [1.165, 1.54) is 16.9 Å². The van der Waals surface area contributed by atoms with Crippen LogP contribution in [0.15, 0.2) is 54.9 Å². The summed E-state index contributed by atoms with van der Waals surface area (Å²) in [5.74, 6) is 0.193. The second-order valence-electron chi connectivity index (χ2n) is 6.30. The minimum absolute atomic E-state index is 0.0207. The molecular formula is C20H23N3OS. The number of carbonyl (C=O) groups excluding carboxylic acids is 1. The highest BCUT2D eigenvalue weighted by Gasteiger charge is 2.20. The maximum absolute atomic E-state index is 12.6. The van der Waals surface area contributed by atoms with E-state index in [1.54, 1.807) is 0 Å². The molecule has 0 aliphatic rings. The number of hydrogen-bond donors (Lipinski definition) is 1. The van der Waals surface area contributed by atoms with Crippen LogP contribution in [0.4, 0.5) is 0 Å². The number of amides is 1. The van der Waals surface area contributed by atoms with Crippen LogP contribution in [0.5, 0.6) is 0 Å².